The van der Waals surface area contributed by atoms with Gasteiger partial charge in [0.15, 0.2) is 0 Å². The van der Waals surface area contributed by atoms with E-state index >= 15 is 0 Å². The molecule has 2 saturated carbocycles. The molecule has 0 heterocycles. The lowest BCUT2D eigenvalue weighted by Crippen LogP contribution is -2.21. The van der Waals surface area contributed by atoms with Gasteiger partial charge in [-0.3, -0.25) is 4.79 Å². The lowest BCUT2D eigenvalue weighted by Gasteiger charge is -2.33. The number of hydrogen-bond acceptors (Lipinski definition) is 2. The third-order valence-corrected chi connectivity index (χ3v) is 6.18. The first kappa shape index (κ1) is 18.8. The quantitative estimate of drug-likeness (QED) is 0.696. The van der Waals surface area contributed by atoms with Gasteiger partial charge >= 0.3 is 5.97 Å². The highest BCUT2D eigenvalue weighted by atomic mass is 16.5. The van der Waals surface area contributed by atoms with Crippen molar-refractivity contribution in [1.29, 1.82) is 0 Å². The normalized spacial score (nSPS) is 22.4. The Morgan fingerprint density at radius 1 is 1.23 bits per heavy atom. The molecule has 3 rings (SSSR count). The predicted molar refractivity (Wildman–Crippen MR) is 103 cm³/mol. The van der Waals surface area contributed by atoms with Gasteiger partial charge in [0, 0.05) is 0 Å². The van der Waals surface area contributed by atoms with Crippen molar-refractivity contribution in [3.63, 3.8) is 0 Å². The highest BCUT2D eigenvalue weighted by molar-refractivity contribution is 5.69. The molecule has 0 saturated heterocycles. The SMILES string of the molecule is CC#C[C@@H](CC(=O)O)c1ccc(OCC2CCC3(CCCCC3)C2)cc1. The summed E-state index contributed by atoms with van der Waals surface area (Å²) in [5.74, 6) is 6.29. The molecule has 2 atom stereocenters. The van der Waals surface area contributed by atoms with Gasteiger partial charge in [0.05, 0.1) is 18.9 Å². The monoisotopic (exact) mass is 354 g/mol. The molecular weight excluding hydrogens is 324 g/mol. The van der Waals surface area contributed by atoms with Crippen molar-refractivity contribution in [1.82, 2.24) is 0 Å². The number of aliphatic carboxylic acids is 1. The van der Waals surface area contributed by atoms with Gasteiger partial charge in [0.2, 0.25) is 0 Å². The number of carbonyl (C=O) groups is 1. The fourth-order valence-electron chi connectivity index (χ4n) is 4.84. The Morgan fingerprint density at radius 3 is 2.62 bits per heavy atom. The summed E-state index contributed by atoms with van der Waals surface area (Å²) in [4.78, 5) is 11.0. The Bertz CT molecular complexity index is 659. The maximum atomic E-state index is 11.0. The van der Waals surface area contributed by atoms with Crippen molar-refractivity contribution in [2.24, 2.45) is 11.3 Å². The molecule has 3 nitrogen and oxygen atoms in total. The summed E-state index contributed by atoms with van der Waals surface area (Å²) < 4.78 is 6.05. The van der Waals surface area contributed by atoms with E-state index in [0.29, 0.717) is 11.3 Å². The number of carboxylic acid groups (broad SMARTS) is 1. The van der Waals surface area contributed by atoms with Crippen LogP contribution in [0, 0.1) is 23.2 Å². The van der Waals surface area contributed by atoms with Crippen LogP contribution in [0.5, 0.6) is 5.75 Å². The van der Waals surface area contributed by atoms with E-state index in [9.17, 15) is 4.79 Å². The highest BCUT2D eigenvalue weighted by Gasteiger charge is 2.39. The van der Waals surface area contributed by atoms with Crippen molar-refractivity contribution < 1.29 is 14.6 Å². The van der Waals surface area contributed by atoms with E-state index in [1.165, 1.54) is 51.4 Å². The number of hydrogen-bond donors (Lipinski definition) is 1. The van der Waals surface area contributed by atoms with E-state index in [1.807, 2.05) is 24.3 Å². The van der Waals surface area contributed by atoms with E-state index in [2.05, 4.69) is 11.8 Å². The van der Waals surface area contributed by atoms with Gasteiger partial charge in [0.25, 0.3) is 0 Å². The minimum atomic E-state index is -0.823. The van der Waals surface area contributed by atoms with Gasteiger partial charge < -0.3 is 9.84 Å². The molecule has 1 unspecified atom stereocenters. The third kappa shape index (κ3) is 4.81. The molecular formula is C23H30O3. The second kappa shape index (κ2) is 8.62. The van der Waals surface area contributed by atoms with Gasteiger partial charge in [-0.05, 0) is 68.1 Å². The molecule has 0 bridgehead atoms. The van der Waals surface area contributed by atoms with E-state index in [-0.39, 0.29) is 12.3 Å². The summed E-state index contributed by atoms with van der Waals surface area (Å²) in [6.07, 6.45) is 11.1. The average Bonchev–Trinajstić information content (AvgIpc) is 3.03. The zero-order valence-electron chi connectivity index (χ0n) is 15.8. The van der Waals surface area contributed by atoms with Crippen LogP contribution in [0.15, 0.2) is 24.3 Å². The van der Waals surface area contributed by atoms with Gasteiger partial charge in [-0.25, -0.2) is 0 Å². The second-order valence-corrected chi connectivity index (χ2v) is 8.09. The fourth-order valence-corrected chi connectivity index (χ4v) is 4.84. The summed E-state index contributed by atoms with van der Waals surface area (Å²) in [5, 5.41) is 9.04. The van der Waals surface area contributed by atoms with Crippen LogP contribution in [0.3, 0.4) is 0 Å². The zero-order valence-corrected chi connectivity index (χ0v) is 15.8. The van der Waals surface area contributed by atoms with Crippen molar-refractivity contribution >= 4 is 5.97 Å². The van der Waals surface area contributed by atoms with Crippen LogP contribution in [0.4, 0.5) is 0 Å². The standard InChI is InChI=1S/C23H30O3/c1-2-6-20(15-22(24)25)19-7-9-21(10-8-19)26-17-18-11-14-23(16-18)12-4-3-5-13-23/h7-10,18,20H,3-5,11-17H2,1H3,(H,24,25)/t18?,20-/m0/s1. The lowest BCUT2D eigenvalue weighted by molar-refractivity contribution is -0.137. The second-order valence-electron chi connectivity index (χ2n) is 8.09. The molecule has 1 aromatic rings. The van der Waals surface area contributed by atoms with E-state index in [4.69, 9.17) is 9.84 Å². The van der Waals surface area contributed by atoms with Crippen LogP contribution in [-0.2, 0) is 4.79 Å². The molecule has 1 aromatic carbocycles. The minimum absolute atomic E-state index is 0.0329. The van der Waals surface area contributed by atoms with Gasteiger partial charge in [0.1, 0.15) is 5.75 Å². The number of carboxylic acids is 1. The van der Waals surface area contributed by atoms with Gasteiger partial charge in [-0.15, -0.1) is 5.92 Å². The lowest BCUT2D eigenvalue weighted by atomic mass is 9.72. The van der Waals surface area contributed by atoms with E-state index < -0.39 is 5.97 Å². The smallest absolute Gasteiger partial charge is 0.304 e. The van der Waals surface area contributed by atoms with Crippen LogP contribution in [0.2, 0.25) is 0 Å². The molecule has 1 spiro atoms. The molecule has 0 amide bonds. The summed E-state index contributed by atoms with van der Waals surface area (Å²) in [6, 6.07) is 7.80. The van der Waals surface area contributed by atoms with E-state index in [0.717, 1.165) is 17.9 Å². The largest absolute Gasteiger partial charge is 0.493 e. The highest BCUT2D eigenvalue weighted by Crippen LogP contribution is 2.51. The molecule has 0 radical (unpaired) electrons. The summed E-state index contributed by atoms with van der Waals surface area (Å²) >= 11 is 0. The van der Waals surface area contributed by atoms with Gasteiger partial charge in [-0.1, -0.05) is 37.3 Å². The Balaban J connectivity index is 1.53. The van der Waals surface area contributed by atoms with Crippen LogP contribution >= 0.6 is 0 Å². The number of benzene rings is 1. The molecule has 2 aliphatic rings. The number of rotatable bonds is 6. The molecule has 0 aliphatic heterocycles. The first-order valence-electron chi connectivity index (χ1n) is 9.97. The zero-order chi connectivity index (χ0) is 18.4. The minimum Gasteiger partial charge on any atom is -0.493 e. The average molecular weight is 354 g/mol. The fraction of sp³-hybridized carbons (Fsp3) is 0.609. The molecule has 2 fully saturated rings. The number of ether oxygens (including phenoxy) is 1. The Morgan fingerprint density at radius 2 is 1.96 bits per heavy atom. The molecule has 0 aromatic heterocycles. The van der Waals surface area contributed by atoms with Crippen LogP contribution in [0.1, 0.15) is 76.2 Å². The van der Waals surface area contributed by atoms with Crippen LogP contribution < -0.4 is 4.74 Å². The van der Waals surface area contributed by atoms with Crippen molar-refractivity contribution in [3.05, 3.63) is 29.8 Å². The first-order chi connectivity index (χ1) is 12.6. The van der Waals surface area contributed by atoms with E-state index in [1.54, 1.807) is 6.92 Å². The topological polar surface area (TPSA) is 46.5 Å². The predicted octanol–water partition coefficient (Wildman–Crippen LogP) is 5.40. The van der Waals surface area contributed by atoms with Crippen LogP contribution in [-0.4, -0.2) is 17.7 Å². The Hall–Kier alpha value is -1.95. The maximum Gasteiger partial charge on any atom is 0.304 e. The van der Waals surface area contributed by atoms with Gasteiger partial charge in [-0.2, -0.15) is 0 Å². The van der Waals surface area contributed by atoms with Crippen LogP contribution in [0.25, 0.3) is 0 Å². The van der Waals surface area contributed by atoms with Crippen molar-refractivity contribution in [2.75, 3.05) is 6.61 Å². The molecule has 2 aliphatic carbocycles. The molecule has 140 valence electrons. The molecule has 26 heavy (non-hydrogen) atoms. The maximum absolute atomic E-state index is 11.0. The molecule has 1 N–H and O–H groups in total. The van der Waals surface area contributed by atoms with Crippen molar-refractivity contribution in [2.45, 2.75) is 70.6 Å². The summed E-state index contributed by atoms with van der Waals surface area (Å²) in [7, 11) is 0. The summed E-state index contributed by atoms with van der Waals surface area (Å²) in [6.45, 7) is 2.54. The molecule has 3 heteroatoms. The van der Waals surface area contributed by atoms with Crippen molar-refractivity contribution in [3.8, 4) is 17.6 Å². The summed E-state index contributed by atoms with van der Waals surface area (Å²) in [5.41, 5.74) is 1.56. The third-order valence-electron chi connectivity index (χ3n) is 6.18. The first-order valence-corrected chi connectivity index (χ1v) is 9.97. The Kier molecular flexibility index (Phi) is 6.25. The Labute approximate surface area is 157 Å².